The summed E-state index contributed by atoms with van der Waals surface area (Å²) in [6.45, 7) is 10.6. The Morgan fingerprint density at radius 3 is 2.69 bits per heavy atom. The van der Waals surface area contributed by atoms with Crippen LogP contribution in [-0.4, -0.2) is 48.5 Å². The zero-order valence-electron chi connectivity index (χ0n) is 18.4. The van der Waals surface area contributed by atoms with Crippen LogP contribution in [0.3, 0.4) is 0 Å². The zero-order valence-corrected chi connectivity index (χ0v) is 18.4. The molecule has 6 heteroatoms. The number of benzene rings is 1. The topological polar surface area (TPSA) is 70.7 Å². The number of nitrogens with one attached hydrogen (secondary N) is 2. The van der Waals surface area contributed by atoms with Gasteiger partial charge in [-0.3, -0.25) is 14.5 Å². The van der Waals surface area contributed by atoms with Crippen LogP contribution >= 0.6 is 0 Å². The Morgan fingerprint density at radius 1 is 1.17 bits per heavy atom. The van der Waals surface area contributed by atoms with Gasteiger partial charge in [0.1, 0.15) is 5.75 Å². The molecule has 1 aliphatic rings. The summed E-state index contributed by atoms with van der Waals surface area (Å²) >= 11 is 0. The number of carbonyl (C=O) groups is 2. The van der Waals surface area contributed by atoms with Crippen molar-refractivity contribution in [2.75, 3.05) is 19.7 Å². The molecule has 1 aliphatic heterocycles. The van der Waals surface area contributed by atoms with Crippen LogP contribution in [0.4, 0.5) is 0 Å². The molecule has 2 N–H and O–H groups in total. The van der Waals surface area contributed by atoms with Crippen molar-refractivity contribution in [3.05, 3.63) is 29.3 Å². The van der Waals surface area contributed by atoms with Gasteiger partial charge in [0.25, 0.3) is 0 Å². The number of amides is 2. The Kier molecular flexibility index (Phi) is 9.45. The Hall–Kier alpha value is -2.08. The molecule has 0 saturated carbocycles. The summed E-state index contributed by atoms with van der Waals surface area (Å²) < 4.78 is 6.08. The molecule has 0 atom stereocenters. The first-order chi connectivity index (χ1) is 13.8. The van der Waals surface area contributed by atoms with Gasteiger partial charge in [-0.25, -0.2) is 0 Å². The Labute approximate surface area is 175 Å². The van der Waals surface area contributed by atoms with Gasteiger partial charge >= 0.3 is 0 Å². The predicted octanol–water partition coefficient (Wildman–Crippen LogP) is 3.03. The summed E-state index contributed by atoms with van der Waals surface area (Å²) in [7, 11) is 0. The standard InChI is InChI=1S/C23H37N3O3/c1-17(2)25-22(27)11-9-19-8-10-21-20(14-19)15-26(18(3)4)16-23(28)24-12-6-5-7-13-29-21/h8,10,14,17-18H,5-7,9,11-13,15-16H2,1-4H3,(H,24,28)(H,25,27). The minimum Gasteiger partial charge on any atom is -0.493 e. The molecule has 0 aromatic heterocycles. The number of ether oxygens (including phenoxy) is 1. The summed E-state index contributed by atoms with van der Waals surface area (Å²) in [5, 5.41) is 5.96. The third-order valence-corrected chi connectivity index (χ3v) is 5.07. The molecular formula is C23H37N3O3. The maximum absolute atomic E-state index is 12.3. The van der Waals surface area contributed by atoms with Crippen molar-refractivity contribution < 1.29 is 14.3 Å². The molecule has 29 heavy (non-hydrogen) atoms. The van der Waals surface area contributed by atoms with Gasteiger partial charge in [0.2, 0.25) is 11.8 Å². The van der Waals surface area contributed by atoms with Gasteiger partial charge in [0.15, 0.2) is 0 Å². The van der Waals surface area contributed by atoms with Crippen LogP contribution in [0.2, 0.25) is 0 Å². The first-order valence-corrected chi connectivity index (χ1v) is 10.9. The minimum atomic E-state index is 0.0701. The molecule has 0 fully saturated rings. The van der Waals surface area contributed by atoms with Crippen LogP contribution in [0.1, 0.15) is 64.5 Å². The smallest absolute Gasteiger partial charge is 0.234 e. The average molecular weight is 404 g/mol. The maximum atomic E-state index is 12.3. The molecule has 2 amide bonds. The second kappa shape index (κ2) is 11.8. The molecule has 2 rings (SSSR count). The van der Waals surface area contributed by atoms with Crippen molar-refractivity contribution in [1.82, 2.24) is 15.5 Å². The number of nitrogens with zero attached hydrogens (tertiary/aromatic N) is 1. The van der Waals surface area contributed by atoms with E-state index in [0.717, 1.165) is 42.7 Å². The van der Waals surface area contributed by atoms with Crippen molar-refractivity contribution >= 4 is 11.8 Å². The number of hydrogen-bond acceptors (Lipinski definition) is 4. The van der Waals surface area contributed by atoms with E-state index < -0.39 is 0 Å². The van der Waals surface area contributed by atoms with Crippen molar-refractivity contribution in [3.63, 3.8) is 0 Å². The van der Waals surface area contributed by atoms with Crippen molar-refractivity contribution in [2.24, 2.45) is 0 Å². The molecule has 0 aliphatic carbocycles. The number of hydrogen-bond donors (Lipinski definition) is 2. The predicted molar refractivity (Wildman–Crippen MR) is 116 cm³/mol. The van der Waals surface area contributed by atoms with Crippen molar-refractivity contribution in [3.8, 4) is 5.75 Å². The molecule has 0 radical (unpaired) electrons. The summed E-state index contributed by atoms with van der Waals surface area (Å²) in [5.41, 5.74) is 2.19. The molecule has 162 valence electrons. The second-order valence-corrected chi connectivity index (χ2v) is 8.42. The maximum Gasteiger partial charge on any atom is 0.234 e. The van der Waals surface area contributed by atoms with Gasteiger partial charge < -0.3 is 15.4 Å². The molecule has 0 unspecified atom stereocenters. The molecule has 0 bridgehead atoms. The third-order valence-electron chi connectivity index (χ3n) is 5.07. The van der Waals surface area contributed by atoms with Gasteiger partial charge in [-0.15, -0.1) is 0 Å². The molecular weight excluding hydrogens is 366 g/mol. The molecule has 6 nitrogen and oxygen atoms in total. The van der Waals surface area contributed by atoms with Crippen LogP contribution in [0, 0.1) is 0 Å². The fourth-order valence-corrected chi connectivity index (χ4v) is 3.40. The van der Waals surface area contributed by atoms with E-state index in [-0.39, 0.29) is 23.9 Å². The van der Waals surface area contributed by atoms with Crippen LogP contribution in [-0.2, 0) is 22.6 Å². The molecule has 1 aromatic rings. The number of fused-ring (bicyclic) bond motifs is 1. The lowest BCUT2D eigenvalue weighted by Gasteiger charge is -2.27. The number of aryl methyl sites for hydroxylation is 1. The van der Waals surface area contributed by atoms with E-state index in [1.165, 1.54) is 0 Å². The van der Waals surface area contributed by atoms with Crippen LogP contribution in [0.5, 0.6) is 5.75 Å². The van der Waals surface area contributed by atoms with Gasteiger partial charge in [-0.05, 0) is 65.0 Å². The number of rotatable bonds is 5. The van der Waals surface area contributed by atoms with E-state index in [4.69, 9.17) is 4.74 Å². The minimum absolute atomic E-state index is 0.0701. The normalized spacial score (nSPS) is 16.8. The molecule has 0 spiro atoms. The Bertz CT molecular complexity index is 673. The summed E-state index contributed by atoms with van der Waals surface area (Å²) in [6.07, 6.45) is 4.13. The largest absolute Gasteiger partial charge is 0.493 e. The molecule has 1 heterocycles. The highest BCUT2D eigenvalue weighted by molar-refractivity contribution is 5.78. The summed E-state index contributed by atoms with van der Waals surface area (Å²) in [4.78, 5) is 26.5. The lowest BCUT2D eigenvalue weighted by Crippen LogP contribution is -2.40. The first-order valence-electron chi connectivity index (χ1n) is 10.9. The summed E-state index contributed by atoms with van der Waals surface area (Å²) in [6, 6.07) is 6.58. The second-order valence-electron chi connectivity index (χ2n) is 8.42. The van der Waals surface area contributed by atoms with Crippen molar-refractivity contribution in [1.29, 1.82) is 0 Å². The Morgan fingerprint density at radius 2 is 1.97 bits per heavy atom. The van der Waals surface area contributed by atoms with E-state index in [2.05, 4.69) is 35.4 Å². The first kappa shape index (κ1) is 23.2. The highest BCUT2D eigenvalue weighted by atomic mass is 16.5. The average Bonchev–Trinajstić information content (AvgIpc) is 2.66. The Balaban J connectivity index is 2.17. The summed E-state index contributed by atoms with van der Waals surface area (Å²) in [5.74, 6) is 1.02. The lowest BCUT2D eigenvalue weighted by atomic mass is 10.0. The van der Waals surface area contributed by atoms with Crippen LogP contribution in [0.15, 0.2) is 18.2 Å². The van der Waals surface area contributed by atoms with Crippen LogP contribution < -0.4 is 15.4 Å². The van der Waals surface area contributed by atoms with E-state index in [9.17, 15) is 9.59 Å². The van der Waals surface area contributed by atoms with Gasteiger partial charge in [-0.1, -0.05) is 12.1 Å². The fraction of sp³-hybridized carbons (Fsp3) is 0.652. The SMILES string of the molecule is CC(C)NC(=O)CCc1ccc2c(c1)CN(C(C)C)CC(=O)NCCCCCO2. The van der Waals surface area contributed by atoms with E-state index in [0.29, 0.717) is 32.5 Å². The highest BCUT2D eigenvalue weighted by Crippen LogP contribution is 2.24. The van der Waals surface area contributed by atoms with E-state index in [1.807, 2.05) is 26.0 Å². The highest BCUT2D eigenvalue weighted by Gasteiger charge is 2.18. The third kappa shape index (κ3) is 8.44. The van der Waals surface area contributed by atoms with Gasteiger partial charge in [0, 0.05) is 37.2 Å². The van der Waals surface area contributed by atoms with Gasteiger partial charge in [0.05, 0.1) is 13.2 Å². The van der Waals surface area contributed by atoms with Crippen LogP contribution in [0.25, 0.3) is 0 Å². The molecule has 0 saturated heterocycles. The monoisotopic (exact) mass is 403 g/mol. The lowest BCUT2D eigenvalue weighted by molar-refractivity contribution is -0.123. The van der Waals surface area contributed by atoms with Crippen molar-refractivity contribution in [2.45, 2.75) is 78.4 Å². The van der Waals surface area contributed by atoms with E-state index in [1.54, 1.807) is 0 Å². The zero-order chi connectivity index (χ0) is 21.2. The van der Waals surface area contributed by atoms with Gasteiger partial charge in [-0.2, -0.15) is 0 Å². The molecule has 1 aromatic carbocycles. The quantitative estimate of drug-likeness (QED) is 0.793. The number of carbonyl (C=O) groups excluding carboxylic acids is 2. The fourth-order valence-electron chi connectivity index (χ4n) is 3.40. The van der Waals surface area contributed by atoms with E-state index >= 15 is 0 Å².